The molecule has 3 aromatic carbocycles. The molecule has 0 radical (unpaired) electrons. The third-order valence-corrected chi connectivity index (χ3v) is 5.70. The molecule has 0 bridgehead atoms. The van der Waals surface area contributed by atoms with Gasteiger partial charge < -0.3 is 10.1 Å². The van der Waals surface area contributed by atoms with Gasteiger partial charge in [-0.1, -0.05) is 11.6 Å². The number of benzene rings is 3. The van der Waals surface area contributed by atoms with E-state index in [1.807, 2.05) is 0 Å². The second-order valence-corrected chi connectivity index (χ2v) is 8.14. The minimum Gasteiger partial charge on any atom is -0.495 e. The molecule has 0 heterocycles. The molecule has 2 N–H and O–H groups in total. The summed E-state index contributed by atoms with van der Waals surface area (Å²) in [4.78, 5) is 12.3. The molecule has 0 unspecified atom stereocenters. The van der Waals surface area contributed by atoms with Crippen molar-refractivity contribution in [1.82, 2.24) is 0 Å². The fourth-order valence-electron chi connectivity index (χ4n) is 2.55. The lowest BCUT2D eigenvalue weighted by atomic mass is 10.2. The van der Waals surface area contributed by atoms with E-state index in [1.54, 1.807) is 0 Å². The van der Waals surface area contributed by atoms with Gasteiger partial charge in [0.25, 0.3) is 15.9 Å². The molecule has 0 saturated carbocycles. The number of carbonyl (C=O) groups excluding carboxylic acids is 1. The van der Waals surface area contributed by atoms with E-state index in [4.69, 9.17) is 16.3 Å². The summed E-state index contributed by atoms with van der Waals surface area (Å²) in [7, 11) is -2.69. The van der Waals surface area contributed by atoms with Crippen LogP contribution in [0.5, 0.6) is 5.75 Å². The van der Waals surface area contributed by atoms with E-state index < -0.39 is 27.6 Å². The summed E-state index contributed by atoms with van der Waals surface area (Å²) in [6.07, 6.45) is 0. The highest BCUT2D eigenvalue weighted by molar-refractivity contribution is 7.92. The molecule has 0 aliphatic heterocycles. The number of hydrogen-bond donors (Lipinski definition) is 2. The fraction of sp³-hybridized carbons (Fsp3) is 0.0500. The van der Waals surface area contributed by atoms with Gasteiger partial charge in [-0.25, -0.2) is 17.2 Å². The van der Waals surface area contributed by atoms with Gasteiger partial charge in [0.15, 0.2) is 0 Å². The first-order valence-corrected chi connectivity index (χ1v) is 10.3. The Morgan fingerprint density at radius 1 is 0.967 bits per heavy atom. The monoisotopic (exact) mass is 452 g/mol. The van der Waals surface area contributed by atoms with Crippen molar-refractivity contribution in [3.63, 3.8) is 0 Å². The molecule has 0 spiro atoms. The zero-order valence-electron chi connectivity index (χ0n) is 15.4. The van der Waals surface area contributed by atoms with Crippen LogP contribution in [0.1, 0.15) is 10.4 Å². The van der Waals surface area contributed by atoms with Crippen molar-refractivity contribution in [2.75, 3.05) is 17.1 Å². The lowest BCUT2D eigenvalue weighted by Gasteiger charge is -2.14. The van der Waals surface area contributed by atoms with Gasteiger partial charge in [-0.05, 0) is 60.7 Å². The van der Waals surface area contributed by atoms with Crippen LogP contribution >= 0.6 is 11.6 Å². The average Bonchev–Trinajstić information content (AvgIpc) is 2.68. The molecule has 6 nitrogen and oxygen atoms in total. The summed E-state index contributed by atoms with van der Waals surface area (Å²) in [5.41, 5.74) is 0.324. The number of hydrogen-bond acceptors (Lipinski definition) is 4. The van der Waals surface area contributed by atoms with Crippen LogP contribution in [0.3, 0.4) is 0 Å². The van der Waals surface area contributed by atoms with E-state index in [-0.39, 0.29) is 32.6 Å². The van der Waals surface area contributed by atoms with Crippen molar-refractivity contribution in [2.24, 2.45) is 0 Å². The van der Waals surface area contributed by atoms with E-state index >= 15 is 0 Å². The third-order valence-electron chi connectivity index (χ3n) is 4.00. The number of amides is 1. The number of methoxy groups -OCH3 is 1. The summed E-state index contributed by atoms with van der Waals surface area (Å²) < 4.78 is 58.9. The molecule has 10 heteroatoms. The first-order valence-electron chi connectivity index (χ1n) is 8.42. The second-order valence-electron chi connectivity index (χ2n) is 6.05. The Morgan fingerprint density at radius 3 is 2.27 bits per heavy atom. The molecule has 0 atom stereocenters. The highest BCUT2D eigenvalue weighted by atomic mass is 35.5. The lowest BCUT2D eigenvalue weighted by Crippen LogP contribution is -2.15. The normalized spacial score (nSPS) is 11.1. The molecule has 0 fully saturated rings. The Bertz CT molecular complexity index is 1200. The van der Waals surface area contributed by atoms with Crippen LogP contribution in [-0.4, -0.2) is 21.4 Å². The van der Waals surface area contributed by atoms with Crippen molar-refractivity contribution in [3.05, 3.63) is 82.9 Å². The zero-order valence-corrected chi connectivity index (χ0v) is 17.0. The van der Waals surface area contributed by atoms with Crippen LogP contribution in [0, 0.1) is 11.6 Å². The maximum atomic E-state index is 13.2. The van der Waals surface area contributed by atoms with Gasteiger partial charge in [0.1, 0.15) is 17.4 Å². The Morgan fingerprint density at radius 2 is 1.63 bits per heavy atom. The van der Waals surface area contributed by atoms with E-state index in [1.165, 1.54) is 31.4 Å². The van der Waals surface area contributed by atoms with Gasteiger partial charge >= 0.3 is 0 Å². The van der Waals surface area contributed by atoms with E-state index in [9.17, 15) is 22.0 Å². The summed E-state index contributed by atoms with van der Waals surface area (Å²) in [5.74, 6) is -1.58. The molecule has 0 aliphatic rings. The van der Waals surface area contributed by atoms with Crippen molar-refractivity contribution in [3.8, 4) is 5.75 Å². The Hall–Kier alpha value is -3.17. The quantitative estimate of drug-likeness (QED) is 0.568. The number of rotatable bonds is 6. The summed E-state index contributed by atoms with van der Waals surface area (Å²) in [6, 6.07) is 11.9. The van der Waals surface area contributed by atoms with E-state index in [0.29, 0.717) is 0 Å². The molecule has 3 rings (SSSR count). The minimum absolute atomic E-state index is 0.0438. The molecule has 30 heavy (non-hydrogen) atoms. The highest BCUT2D eigenvalue weighted by Gasteiger charge is 2.18. The Balaban J connectivity index is 1.88. The van der Waals surface area contributed by atoms with Crippen molar-refractivity contribution in [1.29, 1.82) is 0 Å². The lowest BCUT2D eigenvalue weighted by molar-refractivity contribution is 0.102. The van der Waals surface area contributed by atoms with Crippen LogP contribution in [-0.2, 0) is 10.0 Å². The molecule has 3 aromatic rings. The smallest absolute Gasteiger partial charge is 0.262 e. The van der Waals surface area contributed by atoms with E-state index in [0.717, 1.165) is 36.4 Å². The summed E-state index contributed by atoms with van der Waals surface area (Å²) in [6.45, 7) is 0. The van der Waals surface area contributed by atoms with Crippen molar-refractivity contribution >= 4 is 38.9 Å². The summed E-state index contributed by atoms with van der Waals surface area (Å²) in [5, 5.41) is 2.49. The van der Waals surface area contributed by atoms with Crippen LogP contribution in [0.2, 0.25) is 5.02 Å². The number of nitrogens with one attached hydrogen (secondary N) is 2. The van der Waals surface area contributed by atoms with E-state index in [2.05, 4.69) is 10.0 Å². The standard InChI is InChI=1S/C20H15ClF2N2O4S/c1-29-19-9-5-14(24-20(26)16-8-4-13(23)10-17(16)21)11-18(19)25-30(27,28)15-6-2-12(22)3-7-15/h2-11,25H,1H3,(H,24,26). The molecule has 0 saturated heterocycles. The Kier molecular flexibility index (Phi) is 6.23. The average molecular weight is 453 g/mol. The van der Waals surface area contributed by atoms with Gasteiger partial charge in [-0.15, -0.1) is 0 Å². The van der Waals surface area contributed by atoms with Crippen molar-refractivity contribution in [2.45, 2.75) is 4.90 Å². The van der Waals surface area contributed by atoms with Crippen LogP contribution in [0.15, 0.2) is 65.6 Å². The van der Waals surface area contributed by atoms with Crippen molar-refractivity contribution < 1.29 is 26.7 Å². The van der Waals surface area contributed by atoms with Crippen LogP contribution in [0.25, 0.3) is 0 Å². The third kappa shape index (κ3) is 4.87. The number of ether oxygens (including phenoxy) is 1. The molecule has 0 aromatic heterocycles. The first kappa shape index (κ1) is 21.5. The maximum absolute atomic E-state index is 13.2. The highest BCUT2D eigenvalue weighted by Crippen LogP contribution is 2.30. The fourth-order valence-corrected chi connectivity index (χ4v) is 3.87. The topological polar surface area (TPSA) is 84.5 Å². The molecular formula is C20H15ClF2N2O4S. The minimum atomic E-state index is -4.04. The number of sulfonamides is 1. The summed E-state index contributed by atoms with van der Waals surface area (Å²) >= 11 is 5.90. The van der Waals surface area contributed by atoms with Gasteiger partial charge in [-0.3, -0.25) is 9.52 Å². The van der Waals surface area contributed by atoms with Gasteiger partial charge in [-0.2, -0.15) is 0 Å². The largest absolute Gasteiger partial charge is 0.495 e. The van der Waals surface area contributed by atoms with Gasteiger partial charge in [0.2, 0.25) is 0 Å². The van der Waals surface area contributed by atoms with Gasteiger partial charge in [0, 0.05) is 5.69 Å². The SMILES string of the molecule is COc1ccc(NC(=O)c2ccc(F)cc2Cl)cc1NS(=O)(=O)c1ccc(F)cc1. The van der Waals surface area contributed by atoms with Crippen LogP contribution in [0.4, 0.5) is 20.2 Å². The number of halogens is 3. The zero-order chi connectivity index (χ0) is 21.9. The first-order chi connectivity index (χ1) is 14.2. The molecule has 0 aliphatic carbocycles. The Labute approximate surface area is 176 Å². The predicted molar refractivity (Wildman–Crippen MR) is 110 cm³/mol. The number of carbonyl (C=O) groups is 1. The molecule has 156 valence electrons. The van der Waals surface area contributed by atoms with Gasteiger partial charge in [0.05, 0.1) is 28.3 Å². The van der Waals surface area contributed by atoms with Crippen LogP contribution < -0.4 is 14.8 Å². The molecule has 1 amide bonds. The maximum Gasteiger partial charge on any atom is 0.262 e. The number of anilines is 2. The predicted octanol–water partition coefficient (Wildman–Crippen LogP) is 4.68. The second kappa shape index (κ2) is 8.68. The molecular weight excluding hydrogens is 438 g/mol.